The van der Waals surface area contributed by atoms with Crippen LogP contribution < -0.4 is 0 Å². The number of carbonyl (C=O) groups excluding carboxylic acids is 2. The molecule has 4 nitrogen and oxygen atoms in total. The smallest absolute Gasteiger partial charge is 0.293 e. The number of hydrogen-bond donors (Lipinski definition) is 0. The quantitative estimate of drug-likeness (QED) is 0.378. The Morgan fingerprint density at radius 2 is 1.66 bits per heavy atom. The minimum atomic E-state index is -0.263. The molecule has 1 fully saturated rings. The zero-order valence-corrected chi connectivity index (χ0v) is 20.1. The van der Waals surface area contributed by atoms with Gasteiger partial charge in [0.15, 0.2) is 0 Å². The molecule has 0 unspecified atom stereocenters. The van der Waals surface area contributed by atoms with Gasteiger partial charge in [0.25, 0.3) is 11.1 Å². The average molecular weight is 465 g/mol. The molecule has 1 aromatic heterocycles. The van der Waals surface area contributed by atoms with Crippen molar-refractivity contribution in [1.82, 2.24) is 9.47 Å². The first-order valence-electron chi connectivity index (χ1n) is 10.5. The summed E-state index contributed by atoms with van der Waals surface area (Å²) in [6.07, 6.45) is 1.83. The molecule has 0 radical (unpaired) electrons. The number of benzene rings is 2. The number of imide groups is 1. The summed E-state index contributed by atoms with van der Waals surface area (Å²) in [5.74, 6) is 0.219. The minimum absolute atomic E-state index is 0.237. The van der Waals surface area contributed by atoms with Crippen molar-refractivity contribution < 1.29 is 9.59 Å². The number of amides is 2. The lowest BCUT2D eigenvalue weighted by atomic mass is 10.0. The van der Waals surface area contributed by atoms with Crippen molar-refractivity contribution in [3.63, 3.8) is 0 Å². The van der Waals surface area contributed by atoms with E-state index in [2.05, 4.69) is 48.7 Å². The van der Waals surface area contributed by atoms with Crippen LogP contribution in [0.15, 0.2) is 59.5 Å². The number of aromatic nitrogens is 1. The summed E-state index contributed by atoms with van der Waals surface area (Å²) in [4.78, 5) is 27.2. The van der Waals surface area contributed by atoms with Crippen molar-refractivity contribution in [3.8, 4) is 5.69 Å². The monoisotopic (exact) mass is 464 g/mol. The van der Waals surface area contributed by atoms with E-state index in [4.69, 9.17) is 11.6 Å². The van der Waals surface area contributed by atoms with Crippen LogP contribution >= 0.6 is 23.4 Å². The Labute approximate surface area is 197 Å². The zero-order chi connectivity index (χ0) is 23.0. The lowest BCUT2D eigenvalue weighted by Crippen LogP contribution is -2.27. The third kappa shape index (κ3) is 4.41. The van der Waals surface area contributed by atoms with E-state index in [0.717, 1.165) is 40.0 Å². The topological polar surface area (TPSA) is 42.3 Å². The highest BCUT2D eigenvalue weighted by Crippen LogP contribution is 2.35. The van der Waals surface area contributed by atoms with Gasteiger partial charge in [0.2, 0.25) is 0 Å². The first kappa shape index (κ1) is 22.4. The first-order chi connectivity index (χ1) is 15.2. The van der Waals surface area contributed by atoms with Crippen LogP contribution in [0.5, 0.6) is 0 Å². The molecule has 6 heteroatoms. The Balaban J connectivity index is 1.60. The van der Waals surface area contributed by atoms with Crippen LogP contribution in [0.25, 0.3) is 11.8 Å². The maximum Gasteiger partial charge on any atom is 0.293 e. The summed E-state index contributed by atoms with van der Waals surface area (Å²) in [6.45, 7) is 8.68. The second kappa shape index (κ2) is 9.00. The van der Waals surface area contributed by atoms with E-state index >= 15 is 0 Å². The second-order valence-corrected chi connectivity index (χ2v) is 9.73. The standard InChI is InChI=1S/C26H25ClN2O2S/c1-16(2)20-7-11-23(12-8-20)29-17(3)13-21(18(29)4)14-24-25(30)28(26(31)32-24)15-19-5-9-22(27)10-6-19/h5-14,16H,15H2,1-4H3/b24-14-. The molecule has 0 saturated carbocycles. The molecule has 1 aliphatic heterocycles. The summed E-state index contributed by atoms with van der Waals surface area (Å²) in [7, 11) is 0. The molecular weight excluding hydrogens is 440 g/mol. The molecule has 3 aromatic rings. The molecule has 164 valence electrons. The van der Waals surface area contributed by atoms with Crippen molar-refractivity contribution >= 4 is 40.6 Å². The SMILES string of the molecule is Cc1cc(/C=C2\SC(=O)N(Cc3ccc(Cl)cc3)C2=O)c(C)n1-c1ccc(C(C)C)cc1. The van der Waals surface area contributed by atoms with Gasteiger partial charge in [0.1, 0.15) is 0 Å². The van der Waals surface area contributed by atoms with Crippen LogP contribution in [-0.4, -0.2) is 20.6 Å². The summed E-state index contributed by atoms with van der Waals surface area (Å²) in [6, 6.07) is 17.8. The Morgan fingerprint density at radius 3 is 2.28 bits per heavy atom. The number of carbonyl (C=O) groups is 2. The van der Waals surface area contributed by atoms with E-state index in [1.807, 2.05) is 32.1 Å². The average Bonchev–Trinajstić information content (AvgIpc) is 3.19. The van der Waals surface area contributed by atoms with Gasteiger partial charge in [-0.2, -0.15) is 0 Å². The third-order valence-electron chi connectivity index (χ3n) is 5.70. The summed E-state index contributed by atoms with van der Waals surface area (Å²) in [5.41, 5.74) is 6.29. The van der Waals surface area contributed by atoms with E-state index in [1.165, 1.54) is 10.5 Å². The molecule has 0 N–H and O–H groups in total. The largest absolute Gasteiger partial charge is 0.318 e. The van der Waals surface area contributed by atoms with Crippen LogP contribution in [0, 0.1) is 13.8 Å². The van der Waals surface area contributed by atoms with Gasteiger partial charge in [-0.1, -0.05) is 49.7 Å². The number of rotatable bonds is 5. The highest BCUT2D eigenvalue weighted by molar-refractivity contribution is 8.18. The highest BCUT2D eigenvalue weighted by Gasteiger charge is 2.35. The van der Waals surface area contributed by atoms with Gasteiger partial charge in [-0.3, -0.25) is 14.5 Å². The van der Waals surface area contributed by atoms with E-state index < -0.39 is 0 Å². The van der Waals surface area contributed by atoms with Gasteiger partial charge in [0.05, 0.1) is 11.4 Å². The molecule has 4 rings (SSSR count). The van der Waals surface area contributed by atoms with Gasteiger partial charge >= 0.3 is 0 Å². The van der Waals surface area contributed by atoms with Crippen molar-refractivity contribution in [3.05, 3.63) is 92.6 Å². The Hall–Kier alpha value is -2.76. The third-order valence-corrected chi connectivity index (χ3v) is 6.86. The van der Waals surface area contributed by atoms with E-state index in [0.29, 0.717) is 15.8 Å². The number of halogens is 1. The van der Waals surface area contributed by atoms with Gasteiger partial charge in [-0.15, -0.1) is 0 Å². The fraction of sp³-hybridized carbons (Fsp3) is 0.231. The number of aryl methyl sites for hydroxylation is 1. The van der Waals surface area contributed by atoms with E-state index in [9.17, 15) is 9.59 Å². The fourth-order valence-electron chi connectivity index (χ4n) is 3.89. The molecule has 0 atom stereocenters. The lowest BCUT2D eigenvalue weighted by molar-refractivity contribution is -0.123. The predicted molar refractivity (Wildman–Crippen MR) is 132 cm³/mol. The Morgan fingerprint density at radius 1 is 1.00 bits per heavy atom. The molecule has 0 bridgehead atoms. The van der Waals surface area contributed by atoms with Crippen LogP contribution in [0.1, 0.15) is 47.8 Å². The molecule has 0 aliphatic carbocycles. The maximum atomic E-state index is 12.9. The molecular formula is C26H25ClN2O2S. The summed E-state index contributed by atoms with van der Waals surface area (Å²) < 4.78 is 2.17. The number of thioether (sulfide) groups is 1. The highest BCUT2D eigenvalue weighted by atomic mass is 35.5. The Kier molecular flexibility index (Phi) is 6.31. The van der Waals surface area contributed by atoms with Crippen LogP contribution in [0.4, 0.5) is 4.79 Å². The maximum absolute atomic E-state index is 12.9. The van der Waals surface area contributed by atoms with Crippen LogP contribution in [0.2, 0.25) is 5.02 Å². The normalized spacial score (nSPS) is 15.4. The van der Waals surface area contributed by atoms with Crippen molar-refractivity contribution in [1.29, 1.82) is 0 Å². The molecule has 32 heavy (non-hydrogen) atoms. The minimum Gasteiger partial charge on any atom is -0.318 e. The van der Waals surface area contributed by atoms with Gasteiger partial charge in [-0.05, 0) is 84.6 Å². The molecule has 2 aromatic carbocycles. The van der Waals surface area contributed by atoms with Gasteiger partial charge in [-0.25, -0.2) is 0 Å². The van der Waals surface area contributed by atoms with E-state index in [-0.39, 0.29) is 17.7 Å². The zero-order valence-electron chi connectivity index (χ0n) is 18.6. The number of nitrogens with zero attached hydrogens (tertiary/aromatic N) is 2. The van der Waals surface area contributed by atoms with Gasteiger partial charge in [0, 0.05) is 22.1 Å². The van der Waals surface area contributed by atoms with E-state index in [1.54, 1.807) is 12.1 Å². The predicted octanol–water partition coefficient (Wildman–Crippen LogP) is 7.11. The second-order valence-electron chi connectivity index (χ2n) is 8.30. The molecule has 2 amide bonds. The molecule has 0 spiro atoms. The van der Waals surface area contributed by atoms with Gasteiger partial charge < -0.3 is 4.57 Å². The van der Waals surface area contributed by atoms with Crippen LogP contribution in [0.3, 0.4) is 0 Å². The lowest BCUT2D eigenvalue weighted by Gasteiger charge is -2.12. The molecule has 2 heterocycles. The molecule has 1 aliphatic rings. The summed E-state index contributed by atoms with van der Waals surface area (Å²) in [5, 5.41) is 0.367. The van der Waals surface area contributed by atoms with Crippen molar-refractivity contribution in [2.75, 3.05) is 0 Å². The van der Waals surface area contributed by atoms with Crippen molar-refractivity contribution in [2.45, 2.75) is 40.2 Å². The summed E-state index contributed by atoms with van der Waals surface area (Å²) >= 11 is 6.92. The molecule has 1 saturated heterocycles. The van der Waals surface area contributed by atoms with Crippen LogP contribution in [-0.2, 0) is 11.3 Å². The first-order valence-corrected chi connectivity index (χ1v) is 11.7. The number of hydrogen-bond acceptors (Lipinski definition) is 3. The fourth-order valence-corrected chi connectivity index (χ4v) is 4.84. The Bertz CT molecular complexity index is 1210. The van der Waals surface area contributed by atoms with Crippen molar-refractivity contribution in [2.24, 2.45) is 0 Å².